The van der Waals surface area contributed by atoms with E-state index in [1.807, 2.05) is 25.6 Å². The van der Waals surface area contributed by atoms with Crippen molar-refractivity contribution in [2.45, 2.75) is 33.2 Å². The van der Waals surface area contributed by atoms with Crippen molar-refractivity contribution in [1.82, 2.24) is 14.7 Å². The topological polar surface area (TPSA) is 47.4 Å². The average molecular weight is 265 g/mol. The monoisotopic (exact) mass is 265 g/mol. The van der Waals surface area contributed by atoms with E-state index in [9.17, 15) is 4.79 Å². The Kier molecular flexibility index (Phi) is 4.58. The third-order valence-corrected chi connectivity index (χ3v) is 3.66. The van der Waals surface area contributed by atoms with E-state index in [0.717, 1.165) is 37.6 Å². The van der Waals surface area contributed by atoms with Crippen LogP contribution in [0.1, 0.15) is 24.2 Å². The molecule has 0 N–H and O–H groups in total. The molecule has 1 aliphatic heterocycles. The van der Waals surface area contributed by atoms with E-state index in [0.29, 0.717) is 18.9 Å². The van der Waals surface area contributed by atoms with Gasteiger partial charge in [0, 0.05) is 38.9 Å². The Morgan fingerprint density at radius 3 is 2.95 bits per heavy atom. The van der Waals surface area contributed by atoms with Gasteiger partial charge in [-0.25, -0.2) is 0 Å². The van der Waals surface area contributed by atoms with Crippen LogP contribution in [0.5, 0.6) is 0 Å². The Balaban J connectivity index is 1.78. The van der Waals surface area contributed by atoms with Crippen LogP contribution in [0, 0.1) is 19.8 Å². The molecule has 19 heavy (non-hydrogen) atoms. The van der Waals surface area contributed by atoms with Crippen molar-refractivity contribution >= 4 is 5.91 Å². The first kappa shape index (κ1) is 14.1. The Morgan fingerprint density at radius 1 is 1.58 bits per heavy atom. The van der Waals surface area contributed by atoms with Gasteiger partial charge in [-0.2, -0.15) is 5.10 Å². The fraction of sp³-hybridized carbons (Fsp3) is 0.714. The zero-order valence-corrected chi connectivity index (χ0v) is 12.1. The molecule has 0 bridgehead atoms. The number of hydrogen-bond acceptors (Lipinski definition) is 3. The van der Waals surface area contributed by atoms with E-state index >= 15 is 0 Å². The SMILES string of the molecule is Cc1cc(C)n(CCN(C)C(=O)CC2CCOC2)n1. The van der Waals surface area contributed by atoms with Gasteiger partial charge in [-0.3, -0.25) is 9.48 Å². The van der Waals surface area contributed by atoms with Crippen LogP contribution in [0.2, 0.25) is 0 Å². The summed E-state index contributed by atoms with van der Waals surface area (Å²) in [5.74, 6) is 0.612. The second kappa shape index (κ2) is 6.19. The van der Waals surface area contributed by atoms with Crippen LogP contribution >= 0.6 is 0 Å². The minimum absolute atomic E-state index is 0.206. The number of rotatable bonds is 5. The van der Waals surface area contributed by atoms with E-state index in [1.54, 1.807) is 4.90 Å². The van der Waals surface area contributed by atoms with Gasteiger partial charge in [0.25, 0.3) is 0 Å². The third-order valence-electron chi connectivity index (χ3n) is 3.66. The molecule has 5 heteroatoms. The van der Waals surface area contributed by atoms with Crippen molar-refractivity contribution in [2.24, 2.45) is 5.92 Å². The fourth-order valence-corrected chi connectivity index (χ4v) is 2.42. The molecule has 0 aliphatic carbocycles. The molecule has 106 valence electrons. The van der Waals surface area contributed by atoms with Gasteiger partial charge in [0.2, 0.25) is 5.91 Å². The first-order valence-electron chi connectivity index (χ1n) is 6.89. The normalized spacial score (nSPS) is 18.8. The standard InChI is InChI=1S/C14H23N3O2/c1-11-8-12(2)17(15-11)6-5-16(3)14(18)9-13-4-7-19-10-13/h8,13H,4-7,9-10H2,1-3H3. The van der Waals surface area contributed by atoms with Crippen LogP contribution in [0.4, 0.5) is 0 Å². The number of amides is 1. The first-order valence-corrected chi connectivity index (χ1v) is 6.89. The van der Waals surface area contributed by atoms with Crippen molar-refractivity contribution in [1.29, 1.82) is 0 Å². The van der Waals surface area contributed by atoms with Crippen LogP contribution in [0.15, 0.2) is 6.07 Å². The largest absolute Gasteiger partial charge is 0.381 e. The number of likely N-dealkylation sites (N-methyl/N-ethyl adjacent to an activating group) is 1. The molecular weight excluding hydrogens is 242 g/mol. The molecule has 1 aromatic heterocycles. The maximum absolute atomic E-state index is 12.1. The second-order valence-electron chi connectivity index (χ2n) is 5.40. The van der Waals surface area contributed by atoms with Gasteiger partial charge in [-0.15, -0.1) is 0 Å². The number of carbonyl (C=O) groups is 1. The van der Waals surface area contributed by atoms with Crippen molar-refractivity contribution in [2.75, 3.05) is 26.8 Å². The lowest BCUT2D eigenvalue weighted by Gasteiger charge is -2.19. The van der Waals surface area contributed by atoms with E-state index in [4.69, 9.17) is 4.74 Å². The molecule has 0 saturated carbocycles. The van der Waals surface area contributed by atoms with Crippen LogP contribution in [0.25, 0.3) is 0 Å². The van der Waals surface area contributed by atoms with Gasteiger partial charge in [0.05, 0.1) is 12.2 Å². The van der Waals surface area contributed by atoms with Gasteiger partial charge in [0.15, 0.2) is 0 Å². The van der Waals surface area contributed by atoms with Crippen molar-refractivity contribution in [3.05, 3.63) is 17.5 Å². The molecule has 2 heterocycles. The van der Waals surface area contributed by atoms with Gasteiger partial charge in [-0.05, 0) is 32.3 Å². The van der Waals surface area contributed by atoms with E-state index in [-0.39, 0.29) is 5.91 Å². The number of hydrogen-bond donors (Lipinski definition) is 0. The number of aromatic nitrogens is 2. The summed E-state index contributed by atoms with van der Waals surface area (Å²) < 4.78 is 7.26. The van der Waals surface area contributed by atoms with Crippen molar-refractivity contribution in [3.63, 3.8) is 0 Å². The zero-order valence-electron chi connectivity index (χ0n) is 12.1. The minimum Gasteiger partial charge on any atom is -0.381 e. The summed E-state index contributed by atoms with van der Waals surface area (Å²) in [6.07, 6.45) is 1.62. The van der Waals surface area contributed by atoms with Crippen molar-refractivity contribution < 1.29 is 9.53 Å². The van der Waals surface area contributed by atoms with Crippen molar-refractivity contribution in [3.8, 4) is 0 Å². The molecule has 1 unspecified atom stereocenters. The van der Waals surface area contributed by atoms with Gasteiger partial charge in [0.1, 0.15) is 0 Å². The summed E-state index contributed by atoms with van der Waals surface area (Å²) in [5.41, 5.74) is 2.16. The molecule has 0 radical (unpaired) electrons. The lowest BCUT2D eigenvalue weighted by atomic mass is 10.0. The maximum Gasteiger partial charge on any atom is 0.222 e. The first-order chi connectivity index (χ1) is 9.06. The Labute approximate surface area is 114 Å². The third kappa shape index (κ3) is 3.80. The summed E-state index contributed by atoms with van der Waals surface area (Å²) in [7, 11) is 1.86. The summed E-state index contributed by atoms with van der Waals surface area (Å²) in [5, 5.41) is 4.40. The maximum atomic E-state index is 12.1. The van der Waals surface area contributed by atoms with Gasteiger partial charge in [-0.1, -0.05) is 0 Å². The number of aryl methyl sites for hydroxylation is 2. The molecule has 1 aliphatic rings. The Hall–Kier alpha value is -1.36. The van der Waals surface area contributed by atoms with E-state index in [2.05, 4.69) is 11.2 Å². The molecule has 1 saturated heterocycles. The molecule has 1 atom stereocenters. The summed E-state index contributed by atoms with van der Waals surface area (Å²) in [6, 6.07) is 2.05. The second-order valence-corrected chi connectivity index (χ2v) is 5.40. The fourth-order valence-electron chi connectivity index (χ4n) is 2.42. The van der Waals surface area contributed by atoms with Gasteiger partial charge >= 0.3 is 0 Å². The summed E-state index contributed by atoms with van der Waals surface area (Å²) >= 11 is 0. The predicted octanol–water partition coefficient (Wildman–Crippen LogP) is 1.38. The highest BCUT2D eigenvalue weighted by Gasteiger charge is 2.21. The van der Waals surface area contributed by atoms with Gasteiger partial charge < -0.3 is 9.64 Å². The Bertz CT molecular complexity index is 436. The molecule has 0 aromatic carbocycles. The highest BCUT2D eigenvalue weighted by Crippen LogP contribution is 2.17. The number of carbonyl (C=O) groups excluding carboxylic acids is 1. The summed E-state index contributed by atoms with van der Waals surface area (Å²) in [6.45, 7) is 7.01. The smallest absolute Gasteiger partial charge is 0.222 e. The minimum atomic E-state index is 0.206. The van der Waals surface area contributed by atoms with Crippen LogP contribution < -0.4 is 0 Å². The van der Waals surface area contributed by atoms with Crippen LogP contribution in [0.3, 0.4) is 0 Å². The number of nitrogens with zero attached hydrogens (tertiary/aromatic N) is 3. The molecule has 1 aromatic rings. The lowest BCUT2D eigenvalue weighted by Crippen LogP contribution is -2.31. The molecule has 0 spiro atoms. The quantitative estimate of drug-likeness (QED) is 0.808. The molecule has 2 rings (SSSR count). The van der Waals surface area contributed by atoms with Crippen LogP contribution in [-0.4, -0.2) is 47.4 Å². The van der Waals surface area contributed by atoms with E-state index < -0.39 is 0 Å². The average Bonchev–Trinajstić information content (AvgIpc) is 2.96. The number of ether oxygens (including phenoxy) is 1. The zero-order chi connectivity index (χ0) is 13.8. The highest BCUT2D eigenvalue weighted by molar-refractivity contribution is 5.76. The lowest BCUT2D eigenvalue weighted by molar-refractivity contribution is -0.131. The highest BCUT2D eigenvalue weighted by atomic mass is 16.5. The predicted molar refractivity (Wildman–Crippen MR) is 72.9 cm³/mol. The molecular formula is C14H23N3O2. The molecule has 5 nitrogen and oxygen atoms in total. The van der Waals surface area contributed by atoms with Crippen LogP contribution in [-0.2, 0) is 16.1 Å². The molecule has 1 amide bonds. The molecule has 1 fully saturated rings. The Morgan fingerprint density at radius 2 is 2.37 bits per heavy atom. The summed E-state index contributed by atoms with van der Waals surface area (Å²) in [4.78, 5) is 13.9. The van der Waals surface area contributed by atoms with E-state index in [1.165, 1.54) is 0 Å².